The van der Waals surface area contributed by atoms with Crippen molar-refractivity contribution < 1.29 is 13.6 Å². The minimum Gasteiger partial charge on any atom is -0.315 e. The zero-order valence-corrected chi connectivity index (χ0v) is 19.3. The highest BCUT2D eigenvalue weighted by molar-refractivity contribution is 7.80. The first-order chi connectivity index (χ1) is 16.5. The number of amides is 1. The van der Waals surface area contributed by atoms with Gasteiger partial charge in [0, 0.05) is 30.9 Å². The van der Waals surface area contributed by atoms with Gasteiger partial charge in [0.2, 0.25) is 5.91 Å². The first kappa shape index (κ1) is 23.8. The molecule has 4 rings (SSSR count). The molecule has 0 saturated carbocycles. The number of thiocarbonyl (C=S) groups is 1. The highest BCUT2D eigenvalue weighted by Gasteiger charge is 2.26. The number of rotatable bonds is 6. The Labute approximate surface area is 202 Å². The number of benzene rings is 2. The van der Waals surface area contributed by atoms with Crippen molar-refractivity contribution in [2.24, 2.45) is 5.92 Å². The summed E-state index contributed by atoms with van der Waals surface area (Å²) in [6.45, 7) is 2.48. The number of halogens is 2. The van der Waals surface area contributed by atoms with Gasteiger partial charge in [0.05, 0.1) is 12.5 Å². The SMILES string of the molecule is O=C(NNC(=S)Nc1ccn(Cc2ccccc2F)n1)[C@@H]1CCCN(Cc2ccc(F)cc2)C1. The molecule has 1 atom stereocenters. The fourth-order valence-corrected chi connectivity index (χ4v) is 4.10. The van der Waals surface area contributed by atoms with Gasteiger partial charge in [0.25, 0.3) is 0 Å². The highest BCUT2D eigenvalue weighted by atomic mass is 32.1. The number of aromatic nitrogens is 2. The van der Waals surface area contributed by atoms with E-state index in [1.807, 2.05) is 0 Å². The van der Waals surface area contributed by atoms with Gasteiger partial charge in [0.15, 0.2) is 10.9 Å². The monoisotopic (exact) mass is 484 g/mol. The molecule has 0 spiro atoms. The second-order valence-electron chi connectivity index (χ2n) is 8.26. The summed E-state index contributed by atoms with van der Waals surface area (Å²) in [4.78, 5) is 14.8. The molecular formula is C24H26F2N6OS. The van der Waals surface area contributed by atoms with Crippen LogP contribution in [0.2, 0.25) is 0 Å². The van der Waals surface area contributed by atoms with Gasteiger partial charge in [-0.2, -0.15) is 5.10 Å². The van der Waals surface area contributed by atoms with E-state index in [1.165, 1.54) is 18.2 Å². The second-order valence-corrected chi connectivity index (χ2v) is 8.67. The molecule has 10 heteroatoms. The van der Waals surface area contributed by atoms with Crippen LogP contribution in [0.4, 0.5) is 14.6 Å². The van der Waals surface area contributed by atoms with Crippen molar-refractivity contribution in [3.63, 3.8) is 0 Å². The second kappa shape index (κ2) is 11.2. The van der Waals surface area contributed by atoms with Crippen molar-refractivity contribution in [3.05, 3.63) is 83.6 Å². The van der Waals surface area contributed by atoms with Crippen molar-refractivity contribution in [1.29, 1.82) is 0 Å². The molecule has 0 radical (unpaired) electrons. The molecule has 2 heterocycles. The van der Waals surface area contributed by atoms with Gasteiger partial charge in [-0.25, -0.2) is 8.78 Å². The Morgan fingerprint density at radius 1 is 1.06 bits per heavy atom. The fraction of sp³-hybridized carbons (Fsp3) is 0.292. The number of anilines is 1. The number of carbonyl (C=O) groups is 1. The molecule has 2 aromatic carbocycles. The molecule has 1 amide bonds. The summed E-state index contributed by atoms with van der Waals surface area (Å²) in [5.41, 5.74) is 6.93. The molecule has 1 fully saturated rings. The molecule has 3 N–H and O–H groups in total. The van der Waals surface area contributed by atoms with Gasteiger partial charge in [-0.15, -0.1) is 0 Å². The van der Waals surface area contributed by atoms with Crippen LogP contribution in [-0.4, -0.2) is 38.8 Å². The van der Waals surface area contributed by atoms with E-state index in [0.29, 0.717) is 31.0 Å². The lowest BCUT2D eigenvalue weighted by molar-refractivity contribution is -0.127. The summed E-state index contributed by atoms with van der Waals surface area (Å²) in [5, 5.41) is 7.43. The van der Waals surface area contributed by atoms with Crippen molar-refractivity contribution in [2.45, 2.75) is 25.9 Å². The molecule has 0 aliphatic carbocycles. The average Bonchev–Trinajstić information content (AvgIpc) is 3.27. The van der Waals surface area contributed by atoms with Crippen LogP contribution in [0, 0.1) is 17.6 Å². The summed E-state index contributed by atoms with van der Waals surface area (Å²) in [5.74, 6) is -0.382. The number of hydrogen-bond donors (Lipinski definition) is 3. The molecule has 7 nitrogen and oxygen atoms in total. The highest BCUT2D eigenvalue weighted by Crippen LogP contribution is 2.19. The molecule has 0 unspecified atom stereocenters. The predicted octanol–water partition coefficient (Wildman–Crippen LogP) is 3.44. The molecule has 3 aromatic rings. The third-order valence-electron chi connectivity index (χ3n) is 5.67. The molecule has 0 bridgehead atoms. The van der Waals surface area contributed by atoms with Crippen LogP contribution < -0.4 is 16.2 Å². The number of nitrogens with one attached hydrogen (secondary N) is 3. The topological polar surface area (TPSA) is 74.2 Å². The molecule has 1 saturated heterocycles. The Hall–Kier alpha value is -3.37. The Morgan fingerprint density at radius 2 is 1.85 bits per heavy atom. The van der Waals surface area contributed by atoms with Crippen LogP contribution in [0.25, 0.3) is 0 Å². The Kier molecular flexibility index (Phi) is 7.81. The number of carbonyl (C=O) groups excluding carboxylic acids is 1. The quantitative estimate of drug-likeness (QED) is 0.368. The van der Waals surface area contributed by atoms with Gasteiger partial charge < -0.3 is 5.32 Å². The van der Waals surface area contributed by atoms with Crippen LogP contribution >= 0.6 is 12.2 Å². The maximum absolute atomic E-state index is 13.8. The van der Waals surface area contributed by atoms with Gasteiger partial charge in [-0.05, 0) is 55.4 Å². The zero-order chi connectivity index (χ0) is 23.9. The van der Waals surface area contributed by atoms with Crippen molar-refractivity contribution in [1.82, 2.24) is 25.5 Å². The van der Waals surface area contributed by atoms with Crippen LogP contribution in [-0.2, 0) is 17.9 Å². The molecule has 34 heavy (non-hydrogen) atoms. The fourth-order valence-electron chi connectivity index (χ4n) is 3.95. The van der Waals surface area contributed by atoms with Crippen LogP contribution in [0.15, 0.2) is 60.8 Å². The van der Waals surface area contributed by atoms with E-state index in [0.717, 1.165) is 24.9 Å². The lowest BCUT2D eigenvalue weighted by Crippen LogP contribution is -2.49. The summed E-state index contributed by atoms with van der Waals surface area (Å²) in [6.07, 6.45) is 3.41. The maximum Gasteiger partial charge on any atom is 0.242 e. The largest absolute Gasteiger partial charge is 0.315 e. The van der Waals surface area contributed by atoms with Crippen LogP contribution in [0.1, 0.15) is 24.0 Å². The number of hydrazine groups is 1. The van der Waals surface area contributed by atoms with Crippen LogP contribution in [0.3, 0.4) is 0 Å². The zero-order valence-electron chi connectivity index (χ0n) is 18.5. The Balaban J connectivity index is 1.22. The van der Waals surface area contributed by atoms with E-state index in [-0.39, 0.29) is 28.6 Å². The molecule has 1 aromatic heterocycles. The standard InChI is InChI=1S/C24H26F2N6OS/c25-20-9-7-17(8-10-20)14-31-12-3-5-19(15-31)23(33)28-29-24(34)27-22-11-13-32(30-22)16-18-4-1-2-6-21(18)26/h1-2,4,6-11,13,19H,3,5,12,14-16H2,(H,28,33)(H2,27,29,30,34)/t19-/m1/s1. The van der Waals surface area contributed by atoms with E-state index in [9.17, 15) is 13.6 Å². The third kappa shape index (κ3) is 6.58. The van der Waals surface area contributed by atoms with E-state index >= 15 is 0 Å². The molecular weight excluding hydrogens is 458 g/mol. The average molecular weight is 485 g/mol. The Morgan fingerprint density at radius 3 is 2.65 bits per heavy atom. The third-order valence-corrected chi connectivity index (χ3v) is 5.87. The van der Waals surface area contributed by atoms with Crippen LogP contribution in [0.5, 0.6) is 0 Å². The van der Waals surface area contributed by atoms with Gasteiger partial charge in [-0.3, -0.25) is 25.2 Å². The first-order valence-corrected chi connectivity index (χ1v) is 11.5. The summed E-state index contributed by atoms with van der Waals surface area (Å²) < 4.78 is 28.5. The van der Waals surface area contributed by atoms with E-state index < -0.39 is 0 Å². The molecule has 178 valence electrons. The lowest BCUT2D eigenvalue weighted by Gasteiger charge is -2.32. The predicted molar refractivity (Wildman–Crippen MR) is 130 cm³/mol. The summed E-state index contributed by atoms with van der Waals surface area (Å²) in [7, 11) is 0. The van der Waals surface area contributed by atoms with Gasteiger partial charge in [0.1, 0.15) is 11.6 Å². The van der Waals surface area contributed by atoms with E-state index in [1.54, 1.807) is 47.3 Å². The smallest absolute Gasteiger partial charge is 0.242 e. The normalized spacial score (nSPS) is 16.1. The summed E-state index contributed by atoms with van der Waals surface area (Å²) >= 11 is 5.25. The number of likely N-dealkylation sites (tertiary alicyclic amines) is 1. The number of piperidine rings is 1. The molecule has 1 aliphatic rings. The Bertz CT molecular complexity index is 1140. The van der Waals surface area contributed by atoms with Gasteiger partial charge in [-0.1, -0.05) is 30.3 Å². The number of nitrogens with zero attached hydrogens (tertiary/aromatic N) is 3. The molecule has 1 aliphatic heterocycles. The maximum atomic E-state index is 13.8. The van der Waals surface area contributed by atoms with Crippen molar-refractivity contribution in [3.8, 4) is 0 Å². The lowest BCUT2D eigenvalue weighted by atomic mass is 9.97. The van der Waals surface area contributed by atoms with E-state index in [4.69, 9.17) is 12.2 Å². The minimum absolute atomic E-state index is 0.141. The van der Waals surface area contributed by atoms with Crippen molar-refractivity contribution >= 4 is 29.1 Å². The van der Waals surface area contributed by atoms with Crippen molar-refractivity contribution in [2.75, 3.05) is 18.4 Å². The first-order valence-electron chi connectivity index (χ1n) is 11.1. The summed E-state index contributed by atoms with van der Waals surface area (Å²) in [6, 6.07) is 14.7. The van der Waals surface area contributed by atoms with E-state index in [2.05, 4.69) is 26.2 Å². The minimum atomic E-state index is -0.286. The number of hydrogen-bond acceptors (Lipinski definition) is 4. The van der Waals surface area contributed by atoms with Gasteiger partial charge >= 0.3 is 0 Å².